The van der Waals surface area contributed by atoms with Gasteiger partial charge in [0.25, 0.3) is 5.91 Å². The monoisotopic (exact) mass is 365 g/mol. The van der Waals surface area contributed by atoms with E-state index in [1.807, 2.05) is 53.2 Å². The fraction of sp³-hybridized carbons (Fsp3) is 0.300. The molecule has 1 fully saturated rings. The van der Waals surface area contributed by atoms with E-state index in [1.54, 1.807) is 18.0 Å². The molecule has 0 atom stereocenters. The average molecular weight is 365 g/mol. The van der Waals surface area contributed by atoms with Crippen LogP contribution in [0.3, 0.4) is 0 Å². The first-order valence-electron chi connectivity index (χ1n) is 9.01. The number of ether oxygens (including phenoxy) is 1. The maximum Gasteiger partial charge on any atom is 0.259 e. The largest absolute Gasteiger partial charge is 0.497 e. The molecule has 0 radical (unpaired) electrons. The first-order valence-corrected chi connectivity index (χ1v) is 9.01. The van der Waals surface area contributed by atoms with Crippen LogP contribution in [0.15, 0.2) is 55.0 Å². The van der Waals surface area contributed by atoms with Crippen molar-refractivity contribution in [2.45, 2.75) is 0 Å². The van der Waals surface area contributed by atoms with Crippen LogP contribution >= 0.6 is 0 Å². The van der Waals surface area contributed by atoms with Gasteiger partial charge in [0, 0.05) is 51.3 Å². The van der Waals surface area contributed by atoms with Gasteiger partial charge in [0.2, 0.25) is 0 Å². The van der Waals surface area contributed by atoms with Gasteiger partial charge in [-0.3, -0.25) is 9.48 Å². The molecule has 27 heavy (non-hydrogen) atoms. The van der Waals surface area contributed by atoms with Crippen molar-refractivity contribution in [1.82, 2.24) is 19.2 Å². The topological polar surface area (TPSA) is 55.5 Å². The fourth-order valence-corrected chi connectivity index (χ4v) is 3.49. The number of benzene rings is 1. The molecule has 1 aliphatic heterocycles. The minimum Gasteiger partial charge on any atom is -0.497 e. The van der Waals surface area contributed by atoms with Crippen molar-refractivity contribution in [3.8, 4) is 11.6 Å². The van der Waals surface area contributed by atoms with Crippen molar-refractivity contribution >= 4 is 11.6 Å². The maximum absolute atomic E-state index is 13.1. The average Bonchev–Trinajstić information content (AvgIpc) is 3.37. The first kappa shape index (κ1) is 17.2. The van der Waals surface area contributed by atoms with Gasteiger partial charge in [0.05, 0.1) is 13.3 Å². The van der Waals surface area contributed by atoms with E-state index in [2.05, 4.69) is 22.1 Å². The van der Waals surface area contributed by atoms with Crippen LogP contribution in [0.5, 0.6) is 5.75 Å². The number of hydrogen-bond donors (Lipinski definition) is 0. The molecule has 0 bridgehead atoms. The third-order valence-electron chi connectivity index (χ3n) is 4.99. The van der Waals surface area contributed by atoms with Crippen molar-refractivity contribution in [1.29, 1.82) is 0 Å². The smallest absolute Gasteiger partial charge is 0.259 e. The van der Waals surface area contributed by atoms with Gasteiger partial charge in [-0.05, 0) is 36.4 Å². The Labute approximate surface area is 158 Å². The van der Waals surface area contributed by atoms with Gasteiger partial charge in [-0.1, -0.05) is 0 Å². The number of rotatable bonds is 4. The molecule has 4 rings (SSSR count). The number of nitrogens with zero attached hydrogens (tertiary/aromatic N) is 5. The van der Waals surface area contributed by atoms with E-state index in [9.17, 15) is 4.79 Å². The highest BCUT2D eigenvalue weighted by Gasteiger charge is 2.26. The van der Waals surface area contributed by atoms with E-state index in [0.717, 1.165) is 30.3 Å². The van der Waals surface area contributed by atoms with Crippen molar-refractivity contribution in [2.75, 3.05) is 38.2 Å². The molecule has 140 valence electrons. The highest BCUT2D eigenvalue weighted by Crippen LogP contribution is 2.22. The molecule has 1 amide bonds. The molecule has 1 aliphatic rings. The van der Waals surface area contributed by atoms with Crippen molar-refractivity contribution in [2.24, 2.45) is 7.05 Å². The fourth-order valence-electron chi connectivity index (χ4n) is 3.49. The molecule has 0 N–H and O–H groups in total. The molecule has 7 nitrogen and oxygen atoms in total. The highest BCUT2D eigenvalue weighted by atomic mass is 16.5. The van der Waals surface area contributed by atoms with Crippen LogP contribution < -0.4 is 9.64 Å². The van der Waals surface area contributed by atoms with Crippen LogP contribution in [0, 0.1) is 0 Å². The number of piperazine rings is 1. The van der Waals surface area contributed by atoms with Crippen LogP contribution in [0.25, 0.3) is 5.82 Å². The zero-order valence-electron chi connectivity index (χ0n) is 15.6. The number of amides is 1. The lowest BCUT2D eigenvalue weighted by Crippen LogP contribution is -2.48. The summed E-state index contributed by atoms with van der Waals surface area (Å²) in [5.41, 5.74) is 1.78. The van der Waals surface area contributed by atoms with Gasteiger partial charge in [-0.15, -0.1) is 0 Å². The van der Waals surface area contributed by atoms with Crippen LogP contribution in [-0.2, 0) is 7.05 Å². The molecule has 1 aromatic carbocycles. The maximum atomic E-state index is 13.1. The number of carbonyl (C=O) groups is 1. The zero-order chi connectivity index (χ0) is 18.8. The molecule has 3 aromatic rings. The Morgan fingerprint density at radius 1 is 1.04 bits per heavy atom. The molecule has 3 heterocycles. The van der Waals surface area contributed by atoms with Crippen molar-refractivity contribution in [3.05, 3.63) is 60.6 Å². The van der Waals surface area contributed by atoms with E-state index >= 15 is 0 Å². The predicted octanol–water partition coefficient (Wildman–Crippen LogP) is 2.18. The van der Waals surface area contributed by atoms with Gasteiger partial charge in [0.15, 0.2) is 0 Å². The summed E-state index contributed by atoms with van der Waals surface area (Å²) in [6.45, 7) is 2.98. The van der Waals surface area contributed by atoms with E-state index in [4.69, 9.17) is 4.74 Å². The number of hydrogen-bond acceptors (Lipinski definition) is 4. The summed E-state index contributed by atoms with van der Waals surface area (Å²) in [4.78, 5) is 17.3. The second-order valence-electron chi connectivity index (χ2n) is 6.57. The van der Waals surface area contributed by atoms with Crippen LogP contribution in [0.2, 0.25) is 0 Å². The van der Waals surface area contributed by atoms with Gasteiger partial charge >= 0.3 is 0 Å². The lowest BCUT2D eigenvalue weighted by molar-refractivity contribution is 0.0746. The summed E-state index contributed by atoms with van der Waals surface area (Å²) < 4.78 is 8.88. The number of anilines is 1. The SMILES string of the molecule is COc1ccc(N2CCN(C(=O)c3cnn(C)c3-n3cccc3)CC2)cc1. The number of methoxy groups -OCH3 is 1. The van der Waals surface area contributed by atoms with Crippen LogP contribution in [-0.4, -0.2) is 58.4 Å². The standard InChI is InChI=1S/C20H23N5O2/c1-22-19(24-9-3-4-10-24)18(15-21-22)20(26)25-13-11-23(12-14-25)16-5-7-17(27-2)8-6-16/h3-10,15H,11-14H2,1-2H3. The van der Waals surface area contributed by atoms with Gasteiger partial charge in [-0.25, -0.2) is 0 Å². The Hall–Kier alpha value is -3.22. The lowest BCUT2D eigenvalue weighted by Gasteiger charge is -2.36. The Morgan fingerprint density at radius 2 is 1.70 bits per heavy atom. The summed E-state index contributed by atoms with van der Waals surface area (Å²) in [7, 11) is 3.52. The summed E-state index contributed by atoms with van der Waals surface area (Å²) in [5, 5.41) is 4.29. The van der Waals surface area contributed by atoms with Crippen molar-refractivity contribution in [3.63, 3.8) is 0 Å². The Kier molecular flexibility index (Phi) is 4.58. The molecule has 0 unspecified atom stereocenters. The summed E-state index contributed by atoms with van der Waals surface area (Å²) in [5.74, 6) is 1.67. The quantitative estimate of drug-likeness (QED) is 0.711. The lowest BCUT2D eigenvalue weighted by atomic mass is 10.2. The second kappa shape index (κ2) is 7.19. The molecule has 0 aliphatic carbocycles. The highest BCUT2D eigenvalue weighted by molar-refractivity contribution is 5.97. The molecule has 2 aromatic heterocycles. The minimum absolute atomic E-state index is 0.0289. The Balaban J connectivity index is 1.46. The number of aryl methyl sites for hydroxylation is 1. The van der Waals surface area contributed by atoms with Gasteiger partial charge < -0.3 is 19.1 Å². The third-order valence-corrected chi connectivity index (χ3v) is 4.99. The van der Waals surface area contributed by atoms with Crippen LogP contribution in [0.4, 0.5) is 5.69 Å². The molecular weight excluding hydrogens is 342 g/mol. The molecule has 0 saturated carbocycles. The summed E-state index contributed by atoms with van der Waals surface area (Å²) in [6.07, 6.45) is 5.51. The van der Waals surface area contributed by atoms with E-state index in [1.165, 1.54) is 0 Å². The van der Waals surface area contributed by atoms with Crippen molar-refractivity contribution < 1.29 is 9.53 Å². The molecule has 1 saturated heterocycles. The number of aromatic nitrogens is 3. The number of carbonyl (C=O) groups excluding carboxylic acids is 1. The zero-order valence-corrected chi connectivity index (χ0v) is 15.6. The summed E-state index contributed by atoms with van der Waals surface area (Å²) >= 11 is 0. The third kappa shape index (κ3) is 3.28. The Bertz CT molecular complexity index is 907. The van der Waals surface area contributed by atoms with E-state index in [0.29, 0.717) is 18.7 Å². The van der Waals surface area contributed by atoms with Crippen LogP contribution in [0.1, 0.15) is 10.4 Å². The molecule has 0 spiro atoms. The molecular formula is C20H23N5O2. The Morgan fingerprint density at radius 3 is 2.33 bits per heavy atom. The van der Waals surface area contributed by atoms with Gasteiger partial charge in [-0.2, -0.15) is 5.10 Å². The molecule has 7 heteroatoms. The normalized spacial score (nSPS) is 14.4. The van der Waals surface area contributed by atoms with E-state index in [-0.39, 0.29) is 5.91 Å². The van der Waals surface area contributed by atoms with E-state index < -0.39 is 0 Å². The second-order valence-corrected chi connectivity index (χ2v) is 6.57. The predicted molar refractivity (Wildman–Crippen MR) is 104 cm³/mol. The first-order chi connectivity index (χ1) is 13.2. The van der Waals surface area contributed by atoms with Gasteiger partial charge in [0.1, 0.15) is 17.1 Å². The minimum atomic E-state index is 0.0289. The summed E-state index contributed by atoms with van der Waals surface area (Å²) in [6, 6.07) is 11.9.